The fourth-order valence-corrected chi connectivity index (χ4v) is 5.59. The predicted octanol–water partition coefficient (Wildman–Crippen LogP) is 0.888. The summed E-state index contributed by atoms with van der Waals surface area (Å²) in [6, 6.07) is -0.284. The zero-order valence-electron chi connectivity index (χ0n) is 14.9. The Bertz CT molecular complexity index is 756. The highest BCUT2D eigenvalue weighted by Crippen LogP contribution is 2.23. The van der Waals surface area contributed by atoms with Gasteiger partial charge in [-0.15, -0.1) is 5.10 Å². The number of aromatic amines is 1. The zero-order chi connectivity index (χ0) is 18.6. The Morgan fingerprint density at radius 3 is 2.76 bits per heavy atom. The van der Waals surface area contributed by atoms with Gasteiger partial charge in [0.05, 0.1) is 17.3 Å². The van der Waals surface area contributed by atoms with Gasteiger partial charge in [-0.05, 0) is 26.2 Å². The Morgan fingerprint density at radius 2 is 2.20 bits per heavy atom. The summed E-state index contributed by atoms with van der Waals surface area (Å²) in [5.74, 6) is 0.200. The number of carbonyl (C=O) groups is 1. The average molecular weight is 391 g/mol. The van der Waals surface area contributed by atoms with E-state index in [1.54, 1.807) is 4.90 Å². The van der Waals surface area contributed by atoms with Crippen molar-refractivity contribution in [3.05, 3.63) is 10.5 Å². The lowest BCUT2D eigenvalue weighted by atomic mass is 10.1. The lowest BCUT2D eigenvalue weighted by Gasteiger charge is -2.33. The highest BCUT2D eigenvalue weighted by Gasteiger charge is 2.36. The molecule has 142 valence electrons. The molecule has 2 atom stereocenters. The normalized spacial score (nSPS) is 20.5. The molecule has 0 aliphatic carbocycles. The number of aromatic nitrogens is 3. The van der Waals surface area contributed by atoms with E-state index in [0.717, 1.165) is 12.8 Å². The van der Waals surface area contributed by atoms with Gasteiger partial charge in [-0.2, -0.15) is 0 Å². The maximum absolute atomic E-state index is 12.8. The van der Waals surface area contributed by atoms with Gasteiger partial charge in [-0.25, -0.2) is 18.3 Å². The molecule has 0 radical (unpaired) electrons. The van der Waals surface area contributed by atoms with Crippen molar-refractivity contribution in [2.75, 3.05) is 17.3 Å². The minimum atomic E-state index is -3.06. The Labute approximate surface area is 152 Å². The van der Waals surface area contributed by atoms with Crippen molar-refractivity contribution in [2.24, 2.45) is 0 Å². The summed E-state index contributed by atoms with van der Waals surface area (Å²) in [6.07, 6.45) is 2.04. The van der Waals surface area contributed by atoms with Crippen LogP contribution in [0.25, 0.3) is 0 Å². The third-order valence-electron chi connectivity index (χ3n) is 4.45. The average Bonchev–Trinajstić information content (AvgIpc) is 3.09. The van der Waals surface area contributed by atoms with E-state index in [4.69, 9.17) is 0 Å². The van der Waals surface area contributed by atoms with Crippen molar-refractivity contribution in [3.63, 3.8) is 0 Å². The van der Waals surface area contributed by atoms with Crippen LogP contribution in [0, 0.1) is 0 Å². The second kappa shape index (κ2) is 8.39. The maximum Gasteiger partial charge on any atom is 0.343 e. The third-order valence-corrected chi connectivity index (χ3v) is 7.16. The Morgan fingerprint density at radius 1 is 1.48 bits per heavy atom. The van der Waals surface area contributed by atoms with Gasteiger partial charge in [0.1, 0.15) is 0 Å². The van der Waals surface area contributed by atoms with Crippen LogP contribution in [-0.2, 0) is 21.2 Å². The van der Waals surface area contributed by atoms with Crippen LogP contribution in [0.1, 0.15) is 40.0 Å². The number of sulfone groups is 1. The maximum atomic E-state index is 12.8. The Hall–Kier alpha value is -1.29. The first kappa shape index (κ1) is 20.0. The zero-order valence-corrected chi connectivity index (χ0v) is 16.5. The molecule has 1 N–H and O–H groups in total. The number of H-pyrrole nitrogens is 1. The lowest BCUT2D eigenvalue weighted by Crippen LogP contribution is -2.47. The van der Waals surface area contributed by atoms with Crippen LogP contribution in [0.5, 0.6) is 0 Å². The number of thioether (sulfide) groups is 1. The summed E-state index contributed by atoms with van der Waals surface area (Å²) in [6.45, 7) is 6.43. The summed E-state index contributed by atoms with van der Waals surface area (Å²) in [4.78, 5) is 26.2. The van der Waals surface area contributed by atoms with Crippen LogP contribution >= 0.6 is 11.8 Å². The number of rotatable bonds is 8. The van der Waals surface area contributed by atoms with Crippen molar-refractivity contribution >= 4 is 27.5 Å². The molecule has 25 heavy (non-hydrogen) atoms. The molecule has 2 rings (SSSR count). The lowest BCUT2D eigenvalue weighted by molar-refractivity contribution is -0.132. The van der Waals surface area contributed by atoms with Crippen molar-refractivity contribution < 1.29 is 13.2 Å². The minimum Gasteiger partial charge on any atom is -0.335 e. The van der Waals surface area contributed by atoms with Gasteiger partial charge >= 0.3 is 5.69 Å². The van der Waals surface area contributed by atoms with Crippen LogP contribution in [-0.4, -0.2) is 63.3 Å². The monoisotopic (exact) mass is 390 g/mol. The Balaban J connectivity index is 2.09. The first-order valence-corrected chi connectivity index (χ1v) is 11.4. The fourth-order valence-electron chi connectivity index (χ4n) is 3.04. The second-order valence-corrected chi connectivity index (χ2v) is 9.54. The Kier molecular flexibility index (Phi) is 6.72. The van der Waals surface area contributed by atoms with E-state index in [-0.39, 0.29) is 40.9 Å². The van der Waals surface area contributed by atoms with Gasteiger partial charge < -0.3 is 4.90 Å². The molecule has 8 nitrogen and oxygen atoms in total. The summed E-state index contributed by atoms with van der Waals surface area (Å²) >= 11 is 1.21. The van der Waals surface area contributed by atoms with Gasteiger partial charge in [0.2, 0.25) is 5.91 Å². The van der Waals surface area contributed by atoms with Gasteiger partial charge in [0, 0.05) is 18.6 Å². The highest BCUT2D eigenvalue weighted by molar-refractivity contribution is 7.99. The van der Waals surface area contributed by atoms with Crippen molar-refractivity contribution in [1.82, 2.24) is 19.7 Å². The number of nitrogens with zero attached hydrogens (tertiary/aromatic N) is 3. The topological polar surface area (TPSA) is 105 Å². The molecule has 1 aromatic heterocycles. The van der Waals surface area contributed by atoms with Crippen LogP contribution in [0.3, 0.4) is 0 Å². The van der Waals surface area contributed by atoms with E-state index >= 15 is 0 Å². The van der Waals surface area contributed by atoms with Crippen LogP contribution < -0.4 is 5.69 Å². The van der Waals surface area contributed by atoms with Gasteiger partial charge in [-0.1, -0.05) is 25.6 Å². The first-order valence-electron chi connectivity index (χ1n) is 8.58. The van der Waals surface area contributed by atoms with Gasteiger partial charge in [0.25, 0.3) is 0 Å². The fraction of sp³-hybridized carbons (Fsp3) is 0.800. The largest absolute Gasteiger partial charge is 0.343 e. The molecule has 10 heteroatoms. The molecule has 0 bridgehead atoms. The van der Waals surface area contributed by atoms with Crippen LogP contribution in [0.2, 0.25) is 0 Å². The molecule has 1 aliphatic rings. The molecular weight excluding hydrogens is 364 g/mol. The van der Waals surface area contributed by atoms with Crippen molar-refractivity contribution in [2.45, 2.75) is 63.8 Å². The molecule has 1 amide bonds. The molecule has 0 aromatic carbocycles. The molecule has 0 spiro atoms. The summed E-state index contributed by atoms with van der Waals surface area (Å²) in [5, 5.41) is 6.87. The highest BCUT2D eigenvalue weighted by atomic mass is 32.2. The van der Waals surface area contributed by atoms with Crippen molar-refractivity contribution in [1.29, 1.82) is 0 Å². The molecule has 1 aliphatic heterocycles. The molecule has 0 saturated carbocycles. The van der Waals surface area contributed by atoms with Gasteiger partial charge in [-0.3, -0.25) is 9.36 Å². The third kappa shape index (κ3) is 4.87. The number of amides is 1. The number of nitrogens with one attached hydrogen (secondary N) is 1. The number of carbonyl (C=O) groups excluding carboxylic acids is 1. The van der Waals surface area contributed by atoms with E-state index in [1.165, 1.54) is 16.3 Å². The van der Waals surface area contributed by atoms with E-state index in [1.807, 2.05) is 20.8 Å². The SMILES string of the molecule is CCCn1c(SCC(=O)N([C@@H]2CCS(=O)(=O)C2)[C@H](C)CC)n[nH]c1=O. The summed E-state index contributed by atoms with van der Waals surface area (Å²) in [7, 11) is -3.06. The van der Waals surface area contributed by atoms with E-state index < -0.39 is 9.84 Å². The number of hydrogen-bond donors (Lipinski definition) is 1. The van der Waals surface area contributed by atoms with E-state index in [2.05, 4.69) is 10.2 Å². The van der Waals surface area contributed by atoms with Crippen LogP contribution in [0.4, 0.5) is 0 Å². The van der Waals surface area contributed by atoms with Gasteiger partial charge in [0.15, 0.2) is 15.0 Å². The summed E-state index contributed by atoms with van der Waals surface area (Å²) in [5.41, 5.74) is -0.280. The van der Waals surface area contributed by atoms with Crippen LogP contribution in [0.15, 0.2) is 9.95 Å². The molecular formula is C15H26N4O4S2. The summed E-state index contributed by atoms with van der Waals surface area (Å²) < 4.78 is 25.1. The van der Waals surface area contributed by atoms with E-state index in [9.17, 15) is 18.0 Å². The molecule has 0 unspecified atom stereocenters. The number of hydrogen-bond acceptors (Lipinski definition) is 6. The standard InChI is InChI=1S/C15H26N4O4S2/c1-4-7-18-14(21)16-17-15(18)24-9-13(20)19(11(3)5-2)12-6-8-25(22,23)10-12/h11-12H,4-10H2,1-3H3,(H,16,21)/t11-,12-/m1/s1. The quantitative estimate of drug-likeness (QED) is 0.661. The first-order chi connectivity index (χ1) is 11.8. The smallest absolute Gasteiger partial charge is 0.335 e. The molecule has 2 heterocycles. The van der Waals surface area contributed by atoms with E-state index in [0.29, 0.717) is 18.1 Å². The molecule has 1 aromatic rings. The molecule has 1 fully saturated rings. The predicted molar refractivity (Wildman–Crippen MR) is 97.5 cm³/mol. The van der Waals surface area contributed by atoms with Crippen molar-refractivity contribution in [3.8, 4) is 0 Å². The molecule has 1 saturated heterocycles. The second-order valence-electron chi connectivity index (χ2n) is 6.37. The minimum absolute atomic E-state index is 0.0246.